The summed E-state index contributed by atoms with van der Waals surface area (Å²) in [7, 11) is 0. The fourth-order valence-electron chi connectivity index (χ4n) is 1.15. The Hall–Kier alpha value is -1.65. The number of rotatable bonds is 6. The topological polar surface area (TPSA) is 84.9 Å². The van der Waals surface area contributed by atoms with Crippen LogP contribution in [0.4, 0.5) is 0 Å². The van der Waals surface area contributed by atoms with Crippen LogP contribution >= 0.6 is 0 Å². The maximum Gasteiger partial charge on any atom is 0.244 e. The van der Waals surface area contributed by atoms with E-state index in [0.29, 0.717) is 18.1 Å². The Morgan fingerprint density at radius 3 is 3.00 bits per heavy atom. The Morgan fingerprint density at radius 2 is 2.33 bits per heavy atom. The van der Waals surface area contributed by atoms with Crippen LogP contribution in [0.15, 0.2) is 12.3 Å². The first-order chi connectivity index (χ1) is 7.25. The highest BCUT2D eigenvalue weighted by Gasteiger charge is 2.07. The molecule has 0 saturated carbocycles. The number of ether oxygens (including phenoxy) is 1. The number of aromatic nitrogens is 2. The molecule has 1 rings (SSSR count). The molecular weight excluding hydrogens is 192 g/mol. The monoisotopic (exact) mass is 208 g/mol. The molecule has 82 valence electrons. The van der Waals surface area contributed by atoms with E-state index in [1.165, 1.54) is 6.20 Å². The summed E-state index contributed by atoms with van der Waals surface area (Å²) in [5.74, 6) is 0.302. The van der Waals surface area contributed by atoms with Gasteiger partial charge in [-0.1, -0.05) is 19.8 Å². The van der Waals surface area contributed by atoms with E-state index in [0.717, 1.165) is 19.3 Å². The van der Waals surface area contributed by atoms with E-state index in [-0.39, 0.29) is 5.84 Å². The molecule has 0 amide bonds. The van der Waals surface area contributed by atoms with Crippen LogP contribution in [0.5, 0.6) is 5.88 Å². The molecule has 1 aromatic rings. The van der Waals surface area contributed by atoms with Crippen molar-refractivity contribution in [1.29, 1.82) is 5.41 Å². The molecule has 0 aromatic carbocycles. The Morgan fingerprint density at radius 1 is 1.53 bits per heavy atom. The number of amidine groups is 1. The molecule has 0 bridgehead atoms. The molecule has 0 aliphatic rings. The van der Waals surface area contributed by atoms with Gasteiger partial charge in [0.15, 0.2) is 0 Å². The average molecular weight is 208 g/mol. The highest BCUT2D eigenvalue weighted by molar-refractivity contribution is 5.96. The fraction of sp³-hybridized carbons (Fsp3) is 0.500. The van der Waals surface area contributed by atoms with Gasteiger partial charge in [-0.05, 0) is 12.5 Å². The minimum absolute atomic E-state index is 0.0459. The van der Waals surface area contributed by atoms with E-state index >= 15 is 0 Å². The Labute approximate surface area is 89.2 Å². The Bertz CT molecular complexity index is 327. The lowest BCUT2D eigenvalue weighted by atomic mass is 10.2. The first-order valence-electron chi connectivity index (χ1n) is 5.04. The molecule has 5 heteroatoms. The van der Waals surface area contributed by atoms with E-state index in [2.05, 4.69) is 17.1 Å². The fourth-order valence-corrected chi connectivity index (χ4v) is 1.15. The molecule has 0 radical (unpaired) electrons. The van der Waals surface area contributed by atoms with Crippen molar-refractivity contribution < 1.29 is 4.74 Å². The van der Waals surface area contributed by atoms with E-state index < -0.39 is 0 Å². The van der Waals surface area contributed by atoms with Crippen LogP contribution in [-0.4, -0.2) is 22.6 Å². The molecular formula is C10H16N4O. The van der Waals surface area contributed by atoms with Crippen molar-refractivity contribution >= 4 is 5.84 Å². The molecule has 1 aromatic heterocycles. The maximum atomic E-state index is 7.32. The zero-order valence-electron chi connectivity index (χ0n) is 8.86. The first kappa shape index (κ1) is 11.4. The summed E-state index contributed by atoms with van der Waals surface area (Å²) in [6.45, 7) is 2.72. The van der Waals surface area contributed by atoms with Gasteiger partial charge in [0.1, 0.15) is 5.84 Å². The third kappa shape index (κ3) is 3.53. The minimum atomic E-state index is -0.0459. The molecule has 0 atom stereocenters. The Kier molecular flexibility index (Phi) is 4.53. The number of hydrogen-bond acceptors (Lipinski definition) is 4. The summed E-state index contributed by atoms with van der Waals surface area (Å²) in [4.78, 5) is 0. The van der Waals surface area contributed by atoms with Gasteiger partial charge in [-0.15, -0.1) is 5.10 Å². The second-order valence-electron chi connectivity index (χ2n) is 3.22. The third-order valence-electron chi connectivity index (χ3n) is 1.96. The van der Waals surface area contributed by atoms with Crippen molar-refractivity contribution in [1.82, 2.24) is 10.2 Å². The van der Waals surface area contributed by atoms with Gasteiger partial charge >= 0.3 is 0 Å². The highest BCUT2D eigenvalue weighted by Crippen LogP contribution is 2.12. The van der Waals surface area contributed by atoms with Gasteiger partial charge in [0.25, 0.3) is 0 Å². The van der Waals surface area contributed by atoms with Crippen molar-refractivity contribution in [3.05, 3.63) is 17.8 Å². The van der Waals surface area contributed by atoms with Gasteiger partial charge < -0.3 is 10.5 Å². The first-order valence-corrected chi connectivity index (χ1v) is 5.04. The van der Waals surface area contributed by atoms with Crippen LogP contribution in [0.25, 0.3) is 0 Å². The van der Waals surface area contributed by atoms with Crippen LogP contribution in [0.1, 0.15) is 31.7 Å². The number of hydrogen-bond donors (Lipinski definition) is 2. The zero-order valence-corrected chi connectivity index (χ0v) is 8.86. The predicted molar refractivity (Wildman–Crippen MR) is 58.1 cm³/mol. The summed E-state index contributed by atoms with van der Waals surface area (Å²) in [5, 5.41) is 14.8. The number of nitrogens with zero attached hydrogens (tertiary/aromatic N) is 2. The molecule has 0 unspecified atom stereocenters. The summed E-state index contributed by atoms with van der Waals surface area (Å²) in [6.07, 6.45) is 4.74. The van der Waals surface area contributed by atoms with E-state index in [4.69, 9.17) is 15.9 Å². The maximum absolute atomic E-state index is 7.32. The quantitative estimate of drug-likeness (QED) is 0.419. The van der Waals surface area contributed by atoms with Crippen molar-refractivity contribution in [2.75, 3.05) is 6.61 Å². The smallest absolute Gasteiger partial charge is 0.244 e. The molecule has 15 heavy (non-hydrogen) atoms. The molecule has 0 fully saturated rings. The van der Waals surface area contributed by atoms with Crippen LogP contribution in [0.3, 0.4) is 0 Å². The molecule has 0 aliphatic carbocycles. The van der Waals surface area contributed by atoms with Gasteiger partial charge in [0.2, 0.25) is 5.88 Å². The van der Waals surface area contributed by atoms with Gasteiger partial charge in [-0.3, -0.25) is 5.41 Å². The minimum Gasteiger partial charge on any atom is -0.476 e. The zero-order chi connectivity index (χ0) is 11.1. The van der Waals surface area contributed by atoms with Gasteiger partial charge in [0, 0.05) is 0 Å². The number of nitrogen functional groups attached to an aromatic ring is 1. The standard InChI is InChI=1S/C10H16N4O/c1-2-3-4-7-15-10-8(9(11)12)5-6-13-14-10/h5-6H,2-4,7H2,1H3,(H3,11,12). The van der Waals surface area contributed by atoms with E-state index in [1.54, 1.807) is 6.07 Å². The second-order valence-corrected chi connectivity index (χ2v) is 3.22. The van der Waals surface area contributed by atoms with Gasteiger partial charge in [-0.2, -0.15) is 5.10 Å². The molecule has 1 heterocycles. The number of unbranched alkanes of at least 4 members (excludes halogenated alkanes) is 2. The largest absolute Gasteiger partial charge is 0.476 e. The van der Waals surface area contributed by atoms with Crippen molar-refractivity contribution in [3.8, 4) is 5.88 Å². The lowest BCUT2D eigenvalue weighted by molar-refractivity contribution is 0.291. The lowest BCUT2D eigenvalue weighted by Crippen LogP contribution is -2.14. The van der Waals surface area contributed by atoms with E-state index in [9.17, 15) is 0 Å². The van der Waals surface area contributed by atoms with Crippen molar-refractivity contribution in [2.45, 2.75) is 26.2 Å². The highest BCUT2D eigenvalue weighted by atomic mass is 16.5. The molecule has 0 spiro atoms. The SMILES string of the molecule is CCCCCOc1nnccc1C(=N)N. The molecule has 3 N–H and O–H groups in total. The van der Waals surface area contributed by atoms with Crippen LogP contribution < -0.4 is 10.5 Å². The lowest BCUT2D eigenvalue weighted by Gasteiger charge is -2.07. The Balaban J connectivity index is 2.56. The summed E-state index contributed by atoms with van der Waals surface area (Å²) < 4.78 is 5.41. The second kappa shape index (κ2) is 5.95. The number of nitrogens with one attached hydrogen (secondary N) is 1. The van der Waals surface area contributed by atoms with Crippen molar-refractivity contribution in [2.24, 2.45) is 5.73 Å². The molecule has 5 nitrogen and oxygen atoms in total. The van der Waals surface area contributed by atoms with Crippen molar-refractivity contribution in [3.63, 3.8) is 0 Å². The molecule has 0 saturated heterocycles. The van der Waals surface area contributed by atoms with Crippen LogP contribution in [0.2, 0.25) is 0 Å². The number of nitrogens with two attached hydrogens (primary N) is 1. The van der Waals surface area contributed by atoms with Gasteiger partial charge in [-0.25, -0.2) is 0 Å². The summed E-state index contributed by atoms with van der Waals surface area (Å²) in [5.41, 5.74) is 5.88. The summed E-state index contributed by atoms with van der Waals surface area (Å²) in [6, 6.07) is 1.63. The average Bonchev–Trinajstić information content (AvgIpc) is 2.25. The summed E-state index contributed by atoms with van der Waals surface area (Å²) >= 11 is 0. The van der Waals surface area contributed by atoms with Gasteiger partial charge in [0.05, 0.1) is 18.4 Å². The van der Waals surface area contributed by atoms with Crippen LogP contribution in [-0.2, 0) is 0 Å². The normalized spacial score (nSPS) is 9.93. The molecule has 0 aliphatic heterocycles. The third-order valence-corrected chi connectivity index (χ3v) is 1.96. The van der Waals surface area contributed by atoms with E-state index in [1.807, 2.05) is 0 Å². The van der Waals surface area contributed by atoms with Crippen LogP contribution in [0, 0.1) is 5.41 Å². The predicted octanol–water partition coefficient (Wildman–Crippen LogP) is 1.33.